The largest absolute Gasteiger partial charge is 0.293 e. The number of thioether (sulfide) groups is 1. The summed E-state index contributed by atoms with van der Waals surface area (Å²) < 4.78 is 0. The summed E-state index contributed by atoms with van der Waals surface area (Å²) in [6, 6.07) is 7.44. The molecule has 5 heteroatoms. The van der Waals surface area contributed by atoms with Gasteiger partial charge in [0.1, 0.15) is 0 Å². The second kappa shape index (κ2) is 6.00. The van der Waals surface area contributed by atoms with Gasteiger partial charge in [-0.3, -0.25) is 10.2 Å². The van der Waals surface area contributed by atoms with Crippen LogP contribution in [0.1, 0.15) is 13.3 Å². The van der Waals surface area contributed by atoms with Crippen molar-refractivity contribution < 1.29 is 4.79 Å². The lowest BCUT2D eigenvalue weighted by Gasteiger charge is -2.13. The number of hydrazine groups is 1. The molecule has 0 saturated carbocycles. The zero-order valence-electron chi connectivity index (χ0n) is 8.37. The molecular weight excluding hydrogens is 232 g/mol. The molecule has 1 atom stereocenters. The first-order chi connectivity index (χ1) is 7.19. The summed E-state index contributed by atoms with van der Waals surface area (Å²) in [6.45, 7) is 1.93. The van der Waals surface area contributed by atoms with Crippen LogP contribution in [-0.2, 0) is 4.79 Å². The van der Waals surface area contributed by atoms with Crippen molar-refractivity contribution in [1.82, 2.24) is 5.43 Å². The first-order valence-corrected chi connectivity index (χ1v) is 5.86. The van der Waals surface area contributed by atoms with Crippen LogP contribution in [0.5, 0.6) is 0 Å². The van der Waals surface area contributed by atoms with Gasteiger partial charge >= 0.3 is 0 Å². The van der Waals surface area contributed by atoms with Gasteiger partial charge in [0.05, 0.1) is 10.3 Å². The first kappa shape index (κ1) is 12.4. The Labute approximate surface area is 98.3 Å². The van der Waals surface area contributed by atoms with E-state index in [9.17, 15) is 4.79 Å². The van der Waals surface area contributed by atoms with Gasteiger partial charge in [-0.2, -0.15) is 0 Å². The number of carbonyl (C=O) groups is 1. The molecule has 1 aromatic rings. The maximum atomic E-state index is 11.4. The van der Waals surface area contributed by atoms with Crippen molar-refractivity contribution in [3.8, 4) is 0 Å². The van der Waals surface area contributed by atoms with E-state index in [0.29, 0.717) is 11.4 Å². The van der Waals surface area contributed by atoms with Crippen LogP contribution in [0, 0.1) is 0 Å². The van der Waals surface area contributed by atoms with E-state index >= 15 is 0 Å². The number of hydrogen-bond donors (Lipinski definition) is 2. The second-order valence-electron chi connectivity index (χ2n) is 2.95. The van der Waals surface area contributed by atoms with Crippen molar-refractivity contribution in [3.63, 3.8) is 0 Å². The zero-order valence-corrected chi connectivity index (χ0v) is 9.94. The van der Waals surface area contributed by atoms with E-state index in [2.05, 4.69) is 5.43 Å². The van der Waals surface area contributed by atoms with Gasteiger partial charge in [0, 0.05) is 4.90 Å². The van der Waals surface area contributed by atoms with Crippen LogP contribution in [-0.4, -0.2) is 11.2 Å². The van der Waals surface area contributed by atoms with E-state index in [-0.39, 0.29) is 11.2 Å². The smallest absolute Gasteiger partial charge is 0.247 e. The van der Waals surface area contributed by atoms with Crippen LogP contribution in [0.15, 0.2) is 29.2 Å². The molecule has 3 nitrogen and oxygen atoms in total. The molecule has 0 spiro atoms. The van der Waals surface area contributed by atoms with Gasteiger partial charge < -0.3 is 0 Å². The fourth-order valence-electron chi connectivity index (χ4n) is 1.11. The number of amides is 1. The molecule has 0 aliphatic heterocycles. The Morgan fingerprint density at radius 2 is 2.27 bits per heavy atom. The molecule has 82 valence electrons. The number of nitrogens with one attached hydrogen (secondary N) is 1. The molecule has 15 heavy (non-hydrogen) atoms. The molecule has 1 rings (SSSR count). The Morgan fingerprint density at radius 3 is 2.80 bits per heavy atom. The molecule has 0 radical (unpaired) electrons. The molecular formula is C10H13ClN2OS. The van der Waals surface area contributed by atoms with E-state index in [1.54, 1.807) is 6.07 Å². The van der Waals surface area contributed by atoms with E-state index in [4.69, 9.17) is 17.4 Å². The lowest BCUT2D eigenvalue weighted by Crippen LogP contribution is -2.37. The van der Waals surface area contributed by atoms with Crippen molar-refractivity contribution in [3.05, 3.63) is 29.3 Å². The minimum atomic E-state index is -0.199. The highest BCUT2D eigenvalue weighted by molar-refractivity contribution is 8.00. The van der Waals surface area contributed by atoms with Crippen LogP contribution in [0.2, 0.25) is 5.02 Å². The molecule has 1 amide bonds. The zero-order chi connectivity index (χ0) is 11.3. The Balaban J connectivity index is 2.75. The van der Waals surface area contributed by atoms with E-state index in [0.717, 1.165) is 4.90 Å². The molecule has 1 aromatic carbocycles. The highest BCUT2D eigenvalue weighted by Crippen LogP contribution is 2.31. The van der Waals surface area contributed by atoms with Crippen molar-refractivity contribution >= 4 is 29.3 Å². The highest BCUT2D eigenvalue weighted by atomic mass is 35.5. The second-order valence-corrected chi connectivity index (χ2v) is 4.61. The third-order valence-electron chi connectivity index (χ3n) is 1.91. The van der Waals surface area contributed by atoms with E-state index in [1.807, 2.05) is 25.1 Å². The topological polar surface area (TPSA) is 55.1 Å². The number of benzene rings is 1. The van der Waals surface area contributed by atoms with Gasteiger partial charge in [-0.25, -0.2) is 5.84 Å². The van der Waals surface area contributed by atoms with Crippen molar-refractivity contribution in [2.75, 3.05) is 0 Å². The number of hydrogen-bond acceptors (Lipinski definition) is 3. The quantitative estimate of drug-likeness (QED) is 0.370. The summed E-state index contributed by atoms with van der Waals surface area (Å²) in [7, 11) is 0. The molecule has 0 aromatic heterocycles. The van der Waals surface area contributed by atoms with Gasteiger partial charge in [-0.1, -0.05) is 30.7 Å². The highest BCUT2D eigenvalue weighted by Gasteiger charge is 2.17. The molecule has 0 aliphatic carbocycles. The Hall–Kier alpha value is -0.710. The summed E-state index contributed by atoms with van der Waals surface area (Å²) in [5.41, 5.74) is 2.15. The fourth-order valence-corrected chi connectivity index (χ4v) is 2.36. The maximum absolute atomic E-state index is 11.4. The molecule has 0 heterocycles. The Morgan fingerprint density at radius 1 is 1.60 bits per heavy atom. The van der Waals surface area contributed by atoms with Gasteiger partial charge in [-0.15, -0.1) is 11.8 Å². The minimum Gasteiger partial charge on any atom is -0.293 e. The van der Waals surface area contributed by atoms with Crippen LogP contribution in [0.4, 0.5) is 0 Å². The average Bonchev–Trinajstić information content (AvgIpc) is 2.27. The summed E-state index contributed by atoms with van der Waals surface area (Å²) >= 11 is 7.41. The normalized spacial score (nSPS) is 12.2. The minimum absolute atomic E-state index is 0.178. The first-order valence-electron chi connectivity index (χ1n) is 4.60. The van der Waals surface area contributed by atoms with Crippen molar-refractivity contribution in [2.24, 2.45) is 5.84 Å². The summed E-state index contributed by atoms with van der Waals surface area (Å²) in [6.07, 6.45) is 0.707. The van der Waals surface area contributed by atoms with Crippen LogP contribution in [0.25, 0.3) is 0 Å². The Bertz CT molecular complexity index is 346. The third-order valence-corrected chi connectivity index (χ3v) is 3.79. The molecule has 0 saturated heterocycles. The van der Waals surface area contributed by atoms with E-state index in [1.165, 1.54) is 11.8 Å². The fraction of sp³-hybridized carbons (Fsp3) is 0.300. The molecule has 3 N–H and O–H groups in total. The summed E-state index contributed by atoms with van der Waals surface area (Å²) in [4.78, 5) is 12.3. The molecule has 0 aliphatic rings. The Kier molecular flexibility index (Phi) is 4.94. The van der Waals surface area contributed by atoms with Gasteiger partial charge in [-0.05, 0) is 18.6 Å². The predicted molar refractivity (Wildman–Crippen MR) is 63.7 cm³/mol. The van der Waals surface area contributed by atoms with E-state index < -0.39 is 0 Å². The molecule has 0 fully saturated rings. The van der Waals surface area contributed by atoms with Crippen LogP contribution < -0.4 is 11.3 Å². The molecule has 0 bridgehead atoms. The van der Waals surface area contributed by atoms with Crippen LogP contribution in [0.3, 0.4) is 0 Å². The van der Waals surface area contributed by atoms with Gasteiger partial charge in [0.2, 0.25) is 5.91 Å². The lowest BCUT2D eigenvalue weighted by molar-refractivity contribution is -0.120. The van der Waals surface area contributed by atoms with Crippen LogP contribution >= 0.6 is 23.4 Å². The summed E-state index contributed by atoms with van der Waals surface area (Å²) in [5, 5.41) is 0.459. The maximum Gasteiger partial charge on any atom is 0.247 e. The van der Waals surface area contributed by atoms with Gasteiger partial charge in [0.25, 0.3) is 0 Å². The van der Waals surface area contributed by atoms with Crippen molar-refractivity contribution in [2.45, 2.75) is 23.5 Å². The van der Waals surface area contributed by atoms with Gasteiger partial charge in [0.15, 0.2) is 0 Å². The predicted octanol–water partition coefficient (Wildman–Crippen LogP) is 2.20. The number of nitrogens with two attached hydrogens (primary N) is 1. The average molecular weight is 245 g/mol. The van der Waals surface area contributed by atoms with Crippen molar-refractivity contribution in [1.29, 1.82) is 0 Å². The lowest BCUT2D eigenvalue weighted by atomic mass is 10.3. The number of rotatable bonds is 4. The molecule has 1 unspecified atom stereocenters. The monoisotopic (exact) mass is 244 g/mol. The SMILES string of the molecule is CCC(Sc1ccccc1Cl)C(=O)NN. The standard InChI is InChI=1S/C10H13ClN2OS/c1-2-8(10(14)13-12)15-9-6-4-3-5-7(9)11/h3-6,8H,2,12H2,1H3,(H,13,14). The summed E-state index contributed by atoms with van der Waals surface area (Å²) in [5.74, 6) is 4.92. The third kappa shape index (κ3) is 3.41. The number of carbonyl (C=O) groups excluding carboxylic acids is 1. The number of halogens is 1.